The number of rotatable bonds is 3. The van der Waals surface area contributed by atoms with Gasteiger partial charge in [0.05, 0.1) is 12.1 Å². The summed E-state index contributed by atoms with van der Waals surface area (Å²) in [6.07, 6.45) is 2.84. The maximum absolute atomic E-state index is 13.0. The Kier molecular flexibility index (Phi) is 12.8. The largest absolute Gasteiger partial charge is 0.351 e. The van der Waals surface area contributed by atoms with Crippen molar-refractivity contribution in [1.29, 1.82) is 0 Å². The number of hydrogen-bond acceptors (Lipinski definition) is 6. The Morgan fingerprint density at radius 1 is 1.03 bits per heavy atom. The zero-order valence-corrected chi connectivity index (χ0v) is 22.7. The summed E-state index contributed by atoms with van der Waals surface area (Å²) in [6.45, 7) is 2.33. The molecule has 5 N–H and O–H groups in total. The van der Waals surface area contributed by atoms with Crippen LogP contribution in [0, 0.1) is 0 Å². The minimum atomic E-state index is -0.690. The summed E-state index contributed by atoms with van der Waals surface area (Å²) in [6, 6.07) is 7.95. The van der Waals surface area contributed by atoms with Crippen molar-refractivity contribution < 1.29 is 14.4 Å². The number of thiazole rings is 1. The second kappa shape index (κ2) is 14.4. The maximum Gasteiger partial charge on any atom is 0.270 e. The molecule has 1 aliphatic rings. The van der Waals surface area contributed by atoms with Gasteiger partial charge in [0.25, 0.3) is 5.91 Å². The summed E-state index contributed by atoms with van der Waals surface area (Å²) < 4.78 is 0. The van der Waals surface area contributed by atoms with Gasteiger partial charge in [-0.05, 0) is 37.7 Å². The molecule has 182 valence electrons. The van der Waals surface area contributed by atoms with Gasteiger partial charge in [-0.25, -0.2) is 4.98 Å². The Morgan fingerprint density at radius 2 is 1.73 bits per heavy atom. The zero-order valence-electron chi connectivity index (χ0n) is 18.4. The lowest BCUT2D eigenvalue weighted by Gasteiger charge is -2.23. The van der Waals surface area contributed by atoms with Gasteiger partial charge in [0.1, 0.15) is 16.7 Å². The van der Waals surface area contributed by atoms with Crippen molar-refractivity contribution in [3.05, 3.63) is 52.0 Å². The SMILES string of the molecule is Br.Br.CC[C@H]1NC(=O)[C@@H](N)CCCCNC(=O)c2csc(n2)[C@H](Cc2ccccc2)NC1=O. The molecular formula is C22H31Br2N5O3S. The lowest BCUT2D eigenvalue weighted by Crippen LogP contribution is -2.52. The molecular weight excluding hydrogens is 574 g/mol. The first-order valence-electron chi connectivity index (χ1n) is 10.6. The van der Waals surface area contributed by atoms with E-state index in [-0.39, 0.29) is 51.7 Å². The molecule has 0 radical (unpaired) electrons. The lowest BCUT2D eigenvalue weighted by molar-refractivity contribution is -0.130. The standard InChI is InChI=1S/C22H29N5O3S.2BrH/c1-2-16-21(30)26-17(12-14-8-4-3-5-9-14)22-27-18(13-31-22)20(29)24-11-7-6-10-15(23)19(28)25-16;;/h3-5,8-9,13,15-17H,2,6-7,10-12,23H2,1H3,(H,24,29)(H,25,28)(H,26,30);2*1H/t15-,16+,17-;;/m0../s1. The number of aromatic nitrogens is 1. The molecule has 0 aliphatic carbocycles. The quantitative estimate of drug-likeness (QED) is 0.429. The molecule has 1 aliphatic heterocycles. The number of nitrogens with two attached hydrogens (primary N) is 1. The van der Waals surface area contributed by atoms with E-state index in [2.05, 4.69) is 20.9 Å². The zero-order chi connectivity index (χ0) is 22.2. The summed E-state index contributed by atoms with van der Waals surface area (Å²) in [5.74, 6) is -0.876. The first-order chi connectivity index (χ1) is 15.0. The average molecular weight is 605 g/mol. The van der Waals surface area contributed by atoms with Crippen LogP contribution in [0.25, 0.3) is 0 Å². The van der Waals surface area contributed by atoms with Crippen LogP contribution < -0.4 is 21.7 Å². The molecule has 1 aromatic carbocycles. The third-order valence-electron chi connectivity index (χ3n) is 5.26. The lowest BCUT2D eigenvalue weighted by atomic mass is 10.0. The van der Waals surface area contributed by atoms with Crippen LogP contribution in [0.3, 0.4) is 0 Å². The molecule has 1 aromatic heterocycles. The van der Waals surface area contributed by atoms with E-state index < -0.39 is 18.1 Å². The van der Waals surface area contributed by atoms with Gasteiger partial charge >= 0.3 is 0 Å². The molecule has 2 aromatic rings. The number of amides is 3. The van der Waals surface area contributed by atoms with Gasteiger partial charge in [-0.1, -0.05) is 37.3 Å². The van der Waals surface area contributed by atoms with E-state index in [1.807, 2.05) is 37.3 Å². The van der Waals surface area contributed by atoms with Gasteiger partial charge < -0.3 is 21.7 Å². The average Bonchev–Trinajstić information content (AvgIpc) is 3.26. The van der Waals surface area contributed by atoms with E-state index in [1.54, 1.807) is 5.38 Å². The molecule has 3 amide bonds. The van der Waals surface area contributed by atoms with E-state index in [1.165, 1.54) is 11.3 Å². The van der Waals surface area contributed by atoms with Crippen LogP contribution in [0.4, 0.5) is 0 Å². The third kappa shape index (κ3) is 8.47. The molecule has 2 bridgehead atoms. The van der Waals surface area contributed by atoms with Crippen molar-refractivity contribution in [2.75, 3.05) is 6.54 Å². The van der Waals surface area contributed by atoms with Crippen molar-refractivity contribution >= 4 is 63.0 Å². The molecule has 3 atom stereocenters. The summed E-state index contributed by atoms with van der Waals surface area (Å²) in [4.78, 5) is 42.4. The number of benzene rings is 1. The molecule has 0 saturated heterocycles. The molecule has 0 saturated carbocycles. The van der Waals surface area contributed by atoms with E-state index in [4.69, 9.17) is 5.73 Å². The van der Waals surface area contributed by atoms with Gasteiger partial charge in [-0.3, -0.25) is 14.4 Å². The fourth-order valence-corrected chi connectivity index (χ4v) is 4.27. The highest BCUT2D eigenvalue weighted by Gasteiger charge is 2.27. The molecule has 0 unspecified atom stereocenters. The Bertz CT molecular complexity index is 912. The number of carbonyl (C=O) groups is 3. The molecule has 0 fully saturated rings. The van der Waals surface area contributed by atoms with E-state index in [0.717, 1.165) is 5.56 Å². The number of halogens is 2. The van der Waals surface area contributed by atoms with Crippen molar-refractivity contribution in [3.63, 3.8) is 0 Å². The Morgan fingerprint density at radius 3 is 2.42 bits per heavy atom. The number of carbonyl (C=O) groups excluding carboxylic acids is 3. The monoisotopic (exact) mass is 603 g/mol. The van der Waals surface area contributed by atoms with Gasteiger partial charge in [0, 0.05) is 11.9 Å². The number of nitrogens with zero attached hydrogens (tertiary/aromatic N) is 1. The van der Waals surface area contributed by atoms with E-state index >= 15 is 0 Å². The third-order valence-corrected chi connectivity index (χ3v) is 6.22. The van der Waals surface area contributed by atoms with Gasteiger partial charge in [0.2, 0.25) is 11.8 Å². The van der Waals surface area contributed by atoms with Gasteiger partial charge in [0.15, 0.2) is 0 Å². The fourth-order valence-electron chi connectivity index (χ4n) is 3.42. The van der Waals surface area contributed by atoms with Crippen LogP contribution in [-0.2, 0) is 16.0 Å². The Labute approximate surface area is 219 Å². The van der Waals surface area contributed by atoms with E-state index in [9.17, 15) is 14.4 Å². The first kappa shape index (κ1) is 29.2. The highest BCUT2D eigenvalue weighted by atomic mass is 79.9. The predicted octanol–water partition coefficient (Wildman–Crippen LogP) is 2.83. The molecule has 33 heavy (non-hydrogen) atoms. The maximum atomic E-state index is 13.0. The van der Waals surface area contributed by atoms with Crippen LogP contribution in [-0.4, -0.2) is 41.3 Å². The van der Waals surface area contributed by atoms with Crippen LogP contribution in [0.1, 0.15) is 59.7 Å². The minimum absolute atomic E-state index is 0. The summed E-state index contributed by atoms with van der Waals surface area (Å²) in [7, 11) is 0. The summed E-state index contributed by atoms with van der Waals surface area (Å²) in [5.41, 5.74) is 7.37. The normalized spacial score (nSPS) is 22.1. The topological polar surface area (TPSA) is 126 Å². The van der Waals surface area contributed by atoms with Crippen LogP contribution in [0.5, 0.6) is 0 Å². The minimum Gasteiger partial charge on any atom is -0.351 e. The fraction of sp³-hybridized carbons (Fsp3) is 0.455. The van der Waals surface area contributed by atoms with Gasteiger partial charge in [-0.15, -0.1) is 45.3 Å². The molecule has 2 heterocycles. The highest BCUT2D eigenvalue weighted by Crippen LogP contribution is 2.23. The summed E-state index contributed by atoms with van der Waals surface area (Å²) >= 11 is 1.34. The molecule has 0 spiro atoms. The first-order valence-corrected chi connectivity index (χ1v) is 11.5. The number of nitrogens with one attached hydrogen (secondary N) is 3. The Balaban J connectivity index is 0.00000272. The van der Waals surface area contributed by atoms with Gasteiger partial charge in [-0.2, -0.15) is 0 Å². The van der Waals surface area contributed by atoms with Crippen LogP contribution in [0.2, 0.25) is 0 Å². The second-order valence-corrected chi connectivity index (χ2v) is 8.54. The van der Waals surface area contributed by atoms with Crippen LogP contribution >= 0.6 is 45.3 Å². The van der Waals surface area contributed by atoms with Crippen molar-refractivity contribution in [2.24, 2.45) is 5.73 Å². The van der Waals surface area contributed by atoms with Crippen molar-refractivity contribution in [1.82, 2.24) is 20.9 Å². The predicted molar refractivity (Wildman–Crippen MR) is 140 cm³/mol. The van der Waals surface area contributed by atoms with Crippen molar-refractivity contribution in [2.45, 2.75) is 57.2 Å². The molecule has 3 rings (SSSR count). The summed E-state index contributed by atoms with van der Waals surface area (Å²) in [5, 5.41) is 11.0. The van der Waals surface area contributed by atoms with E-state index in [0.29, 0.717) is 49.4 Å². The smallest absolute Gasteiger partial charge is 0.270 e. The molecule has 8 nitrogen and oxygen atoms in total. The van der Waals surface area contributed by atoms with Crippen molar-refractivity contribution in [3.8, 4) is 0 Å². The van der Waals surface area contributed by atoms with Crippen LogP contribution in [0.15, 0.2) is 35.7 Å². The Hall–Kier alpha value is -1.82. The highest BCUT2D eigenvalue weighted by molar-refractivity contribution is 8.93. The molecule has 11 heteroatoms. The number of fused-ring (bicyclic) bond motifs is 2. The number of hydrogen-bond donors (Lipinski definition) is 4. The second-order valence-electron chi connectivity index (χ2n) is 7.65.